The van der Waals surface area contributed by atoms with Crippen LogP contribution in [0.5, 0.6) is 0 Å². The number of piperidine rings is 1. The molecule has 0 atom stereocenters. The zero-order valence-corrected chi connectivity index (χ0v) is 13.3. The number of nitrogen functional groups attached to an aromatic ring is 1. The normalized spacial score (nSPS) is 16.6. The molecular formula is C15H17ClN2O2S. The Kier molecular flexibility index (Phi) is 4.06. The lowest BCUT2D eigenvalue weighted by molar-refractivity contribution is 0.0354. The molecule has 1 aromatic carbocycles. The molecule has 1 saturated heterocycles. The number of carbonyl (C=O) groups is 1. The summed E-state index contributed by atoms with van der Waals surface area (Å²) in [6.07, 6.45) is 2.00. The summed E-state index contributed by atoms with van der Waals surface area (Å²) in [6.45, 7) is 1.43. The molecule has 0 saturated carbocycles. The van der Waals surface area contributed by atoms with Crippen LogP contribution in [0.15, 0.2) is 18.2 Å². The molecule has 0 unspecified atom stereocenters. The van der Waals surface area contributed by atoms with Gasteiger partial charge in [0, 0.05) is 35.3 Å². The first-order valence-electron chi connectivity index (χ1n) is 6.89. The summed E-state index contributed by atoms with van der Waals surface area (Å²) < 4.78 is 6.33. The maximum absolute atomic E-state index is 12.7. The number of hydrogen-bond donors (Lipinski definition) is 1. The van der Waals surface area contributed by atoms with E-state index >= 15 is 0 Å². The molecule has 4 nitrogen and oxygen atoms in total. The second-order valence-corrected chi connectivity index (χ2v) is 6.70. The number of nitrogens with zero attached hydrogens (tertiary/aromatic N) is 1. The zero-order chi connectivity index (χ0) is 15.0. The maximum Gasteiger partial charge on any atom is 0.266 e. The van der Waals surface area contributed by atoms with Gasteiger partial charge < -0.3 is 15.4 Å². The van der Waals surface area contributed by atoms with Crippen LogP contribution in [-0.2, 0) is 4.74 Å². The molecule has 0 spiro atoms. The number of nitrogens with two attached hydrogens (primary N) is 1. The minimum atomic E-state index is 0.0133. The Labute approximate surface area is 132 Å². The van der Waals surface area contributed by atoms with Gasteiger partial charge in [0.15, 0.2) is 0 Å². The fraction of sp³-hybridized carbons (Fsp3) is 0.400. The number of anilines is 1. The van der Waals surface area contributed by atoms with Crippen LogP contribution in [0.4, 0.5) is 5.69 Å². The van der Waals surface area contributed by atoms with E-state index in [4.69, 9.17) is 22.1 Å². The number of fused-ring (bicyclic) bond motifs is 1. The third kappa shape index (κ3) is 2.73. The van der Waals surface area contributed by atoms with Crippen molar-refractivity contribution in [3.8, 4) is 0 Å². The molecule has 6 heteroatoms. The molecule has 0 aliphatic carbocycles. The highest BCUT2D eigenvalue weighted by Gasteiger charge is 2.26. The molecule has 0 bridgehead atoms. The Bertz CT molecular complexity index is 678. The van der Waals surface area contributed by atoms with Crippen LogP contribution in [0.1, 0.15) is 22.5 Å². The summed E-state index contributed by atoms with van der Waals surface area (Å²) in [7, 11) is 1.72. The monoisotopic (exact) mass is 324 g/mol. The minimum absolute atomic E-state index is 0.0133. The van der Waals surface area contributed by atoms with E-state index in [0.717, 1.165) is 22.9 Å². The molecule has 1 fully saturated rings. The summed E-state index contributed by atoms with van der Waals surface area (Å²) in [5.41, 5.74) is 6.69. The Morgan fingerprint density at radius 2 is 2.14 bits per heavy atom. The number of ether oxygens (including phenoxy) is 1. The molecule has 2 N–H and O–H groups in total. The molecule has 21 heavy (non-hydrogen) atoms. The van der Waals surface area contributed by atoms with Gasteiger partial charge in [0.05, 0.1) is 11.8 Å². The van der Waals surface area contributed by atoms with E-state index in [-0.39, 0.29) is 12.0 Å². The van der Waals surface area contributed by atoms with Crippen molar-refractivity contribution in [2.45, 2.75) is 18.9 Å². The van der Waals surface area contributed by atoms with Gasteiger partial charge >= 0.3 is 0 Å². The lowest BCUT2D eigenvalue weighted by atomic mass is 10.1. The van der Waals surface area contributed by atoms with Crippen molar-refractivity contribution in [2.24, 2.45) is 0 Å². The van der Waals surface area contributed by atoms with Crippen LogP contribution in [0, 0.1) is 0 Å². The molecule has 2 heterocycles. The molecule has 1 amide bonds. The van der Waals surface area contributed by atoms with Crippen molar-refractivity contribution < 1.29 is 9.53 Å². The lowest BCUT2D eigenvalue weighted by Crippen LogP contribution is -2.40. The zero-order valence-electron chi connectivity index (χ0n) is 11.8. The molecule has 3 rings (SSSR count). The summed E-state index contributed by atoms with van der Waals surface area (Å²) in [6, 6.07) is 5.54. The van der Waals surface area contributed by atoms with Gasteiger partial charge in [-0.3, -0.25) is 4.79 Å². The van der Waals surface area contributed by atoms with Crippen molar-refractivity contribution in [1.82, 2.24) is 4.90 Å². The van der Waals surface area contributed by atoms with Gasteiger partial charge in [-0.2, -0.15) is 0 Å². The largest absolute Gasteiger partial charge is 0.397 e. The molecule has 1 aromatic heterocycles. The van der Waals surface area contributed by atoms with Crippen molar-refractivity contribution >= 4 is 44.6 Å². The number of benzene rings is 1. The summed E-state index contributed by atoms with van der Waals surface area (Å²) in [4.78, 5) is 15.1. The Balaban J connectivity index is 1.87. The molecule has 2 aromatic rings. The highest BCUT2D eigenvalue weighted by atomic mass is 35.5. The van der Waals surface area contributed by atoms with Gasteiger partial charge in [-0.1, -0.05) is 11.6 Å². The molecule has 112 valence electrons. The van der Waals surface area contributed by atoms with E-state index in [1.54, 1.807) is 7.11 Å². The number of hydrogen-bond acceptors (Lipinski definition) is 4. The summed E-state index contributed by atoms with van der Waals surface area (Å²) in [5, 5.41) is 1.49. The van der Waals surface area contributed by atoms with Crippen LogP contribution >= 0.6 is 22.9 Å². The number of carbonyl (C=O) groups excluding carboxylic acids is 1. The average Bonchev–Trinajstić information content (AvgIpc) is 2.83. The third-order valence-electron chi connectivity index (χ3n) is 3.95. The first-order chi connectivity index (χ1) is 10.1. The van der Waals surface area contributed by atoms with Crippen LogP contribution in [0.2, 0.25) is 5.02 Å². The molecule has 0 radical (unpaired) electrons. The minimum Gasteiger partial charge on any atom is -0.397 e. The first kappa shape index (κ1) is 14.6. The highest BCUT2D eigenvalue weighted by Crippen LogP contribution is 2.36. The van der Waals surface area contributed by atoms with Gasteiger partial charge in [0.2, 0.25) is 0 Å². The van der Waals surface area contributed by atoms with E-state index in [0.29, 0.717) is 28.7 Å². The van der Waals surface area contributed by atoms with Crippen molar-refractivity contribution in [2.75, 3.05) is 25.9 Å². The lowest BCUT2D eigenvalue weighted by Gasteiger charge is -2.31. The second kappa shape index (κ2) is 5.83. The SMILES string of the molecule is COC1CCN(C(=O)c2sc3ccc(Cl)cc3c2N)CC1. The quantitative estimate of drug-likeness (QED) is 0.921. The van der Waals surface area contributed by atoms with Gasteiger partial charge in [-0.25, -0.2) is 0 Å². The maximum atomic E-state index is 12.7. The topological polar surface area (TPSA) is 55.6 Å². The van der Waals surface area contributed by atoms with Gasteiger partial charge in [0.25, 0.3) is 5.91 Å². The molecule has 1 aliphatic rings. The Hall–Kier alpha value is -1.30. The van der Waals surface area contributed by atoms with E-state index in [9.17, 15) is 4.79 Å². The van der Waals surface area contributed by atoms with Crippen molar-refractivity contribution in [1.29, 1.82) is 0 Å². The van der Waals surface area contributed by atoms with Crippen LogP contribution in [0.25, 0.3) is 10.1 Å². The molecule has 1 aliphatic heterocycles. The second-order valence-electron chi connectivity index (χ2n) is 5.21. The number of methoxy groups -OCH3 is 1. The van der Waals surface area contributed by atoms with E-state index in [2.05, 4.69) is 0 Å². The van der Waals surface area contributed by atoms with Crippen LogP contribution in [0.3, 0.4) is 0 Å². The van der Waals surface area contributed by atoms with Crippen molar-refractivity contribution in [3.63, 3.8) is 0 Å². The predicted octanol–water partition coefficient (Wildman–Crippen LogP) is 3.39. The Morgan fingerprint density at radius 3 is 2.81 bits per heavy atom. The van der Waals surface area contributed by atoms with Crippen LogP contribution in [-0.4, -0.2) is 37.1 Å². The average molecular weight is 325 g/mol. The predicted molar refractivity (Wildman–Crippen MR) is 87.2 cm³/mol. The number of thiophene rings is 1. The van der Waals surface area contributed by atoms with Gasteiger partial charge in [-0.05, 0) is 31.0 Å². The third-order valence-corrected chi connectivity index (χ3v) is 5.35. The van der Waals surface area contributed by atoms with Crippen molar-refractivity contribution in [3.05, 3.63) is 28.1 Å². The first-order valence-corrected chi connectivity index (χ1v) is 8.09. The number of likely N-dealkylation sites (tertiary alicyclic amines) is 1. The fourth-order valence-corrected chi connectivity index (χ4v) is 3.93. The number of halogens is 1. The van der Waals surface area contributed by atoms with Crippen LogP contribution < -0.4 is 5.73 Å². The molecular weight excluding hydrogens is 308 g/mol. The standard InChI is InChI=1S/C15H17ClN2O2S/c1-20-10-4-6-18(7-5-10)15(19)14-13(17)11-8-9(16)2-3-12(11)21-14/h2-3,8,10H,4-7,17H2,1H3. The fourth-order valence-electron chi connectivity index (χ4n) is 2.69. The van der Waals surface area contributed by atoms with E-state index < -0.39 is 0 Å². The van der Waals surface area contributed by atoms with E-state index in [1.165, 1.54) is 11.3 Å². The number of rotatable bonds is 2. The van der Waals surface area contributed by atoms with Gasteiger partial charge in [-0.15, -0.1) is 11.3 Å². The van der Waals surface area contributed by atoms with E-state index in [1.807, 2.05) is 23.1 Å². The summed E-state index contributed by atoms with van der Waals surface area (Å²) >= 11 is 7.43. The van der Waals surface area contributed by atoms with Gasteiger partial charge in [0.1, 0.15) is 4.88 Å². The summed E-state index contributed by atoms with van der Waals surface area (Å²) in [5.74, 6) is 0.0133. The number of amides is 1. The highest BCUT2D eigenvalue weighted by molar-refractivity contribution is 7.21. The Morgan fingerprint density at radius 1 is 1.43 bits per heavy atom. The smallest absolute Gasteiger partial charge is 0.266 e.